The highest BCUT2D eigenvalue weighted by molar-refractivity contribution is 7.15. The fourth-order valence-electron chi connectivity index (χ4n) is 4.22. The Morgan fingerprint density at radius 2 is 1.95 bits per heavy atom. The molecule has 3 fully saturated rings. The van der Waals surface area contributed by atoms with Crippen LogP contribution in [0, 0.1) is 11.8 Å². The lowest BCUT2D eigenvalue weighted by Gasteiger charge is -2.41. The maximum absolute atomic E-state index is 5.06. The van der Waals surface area contributed by atoms with E-state index in [4.69, 9.17) is 4.98 Å². The molecule has 116 valence electrons. The van der Waals surface area contributed by atoms with Crippen LogP contribution in [-0.2, 0) is 6.54 Å². The Labute approximate surface area is 132 Å². The molecule has 2 atom stereocenters. The first-order valence-corrected chi connectivity index (χ1v) is 9.56. The SMILES string of the molecule is CNCc1sc(N2CCC3CCCCC3C2)nc1C1CC1. The van der Waals surface area contributed by atoms with Crippen molar-refractivity contribution in [3.05, 3.63) is 10.6 Å². The van der Waals surface area contributed by atoms with Crippen molar-refractivity contribution in [2.45, 2.75) is 57.4 Å². The molecule has 4 rings (SSSR count). The number of rotatable bonds is 4. The Hall–Kier alpha value is -0.610. The third-order valence-corrected chi connectivity index (χ3v) is 6.71. The first kappa shape index (κ1) is 14.0. The van der Waals surface area contributed by atoms with E-state index in [1.807, 2.05) is 18.4 Å². The number of nitrogens with one attached hydrogen (secondary N) is 1. The number of anilines is 1. The molecule has 3 nitrogen and oxygen atoms in total. The van der Waals surface area contributed by atoms with Crippen LogP contribution in [0.4, 0.5) is 5.13 Å². The molecule has 2 unspecified atom stereocenters. The minimum absolute atomic E-state index is 0.769. The van der Waals surface area contributed by atoms with Crippen molar-refractivity contribution in [3.8, 4) is 0 Å². The average molecular weight is 305 g/mol. The van der Waals surface area contributed by atoms with Crippen LogP contribution >= 0.6 is 11.3 Å². The van der Waals surface area contributed by atoms with Gasteiger partial charge in [-0.1, -0.05) is 19.3 Å². The fraction of sp³-hybridized carbons (Fsp3) is 0.824. The summed E-state index contributed by atoms with van der Waals surface area (Å²) >= 11 is 1.95. The van der Waals surface area contributed by atoms with Gasteiger partial charge in [0.25, 0.3) is 0 Å². The molecule has 4 heteroatoms. The molecule has 2 aliphatic carbocycles. The fourth-order valence-corrected chi connectivity index (χ4v) is 5.42. The van der Waals surface area contributed by atoms with Crippen LogP contribution in [-0.4, -0.2) is 25.1 Å². The van der Waals surface area contributed by atoms with Gasteiger partial charge < -0.3 is 10.2 Å². The highest BCUT2D eigenvalue weighted by Crippen LogP contribution is 2.45. The maximum atomic E-state index is 5.06. The van der Waals surface area contributed by atoms with Gasteiger partial charge in [0, 0.05) is 30.4 Å². The Balaban J connectivity index is 1.51. The minimum Gasteiger partial charge on any atom is -0.348 e. The van der Waals surface area contributed by atoms with Gasteiger partial charge in [-0.3, -0.25) is 0 Å². The predicted octanol–water partition coefficient (Wildman–Crippen LogP) is 3.76. The summed E-state index contributed by atoms with van der Waals surface area (Å²) in [5.74, 6) is 2.72. The normalized spacial score (nSPS) is 29.5. The van der Waals surface area contributed by atoms with Gasteiger partial charge in [-0.2, -0.15) is 0 Å². The zero-order valence-corrected chi connectivity index (χ0v) is 13.9. The van der Waals surface area contributed by atoms with Crippen LogP contribution < -0.4 is 10.2 Å². The van der Waals surface area contributed by atoms with Crippen molar-refractivity contribution in [2.24, 2.45) is 11.8 Å². The number of fused-ring (bicyclic) bond motifs is 1. The van der Waals surface area contributed by atoms with Gasteiger partial charge in [0.2, 0.25) is 0 Å². The van der Waals surface area contributed by atoms with Gasteiger partial charge in [-0.25, -0.2) is 4.98 Å². The summed E-state index contributed by atoms with van der Waals surface area (Å²) < 4.78 is 0. The van der Waals surface area contributed by atoms with E-state index in [0.717, 1.165) is 24.3 Å². The molecule has 3 aliphatic rings. The third-order valence-electron chi connectivity index (χ3n) is 5.58. The highest BCUT2D eigenvalue weighted by Gasteiger charge is 2.34. The van der Waals surface area contributed by atoms with Crippen LogP contribution in [0.1, 0.15) is 61.4 Å². The van der Waals surface area contributed by atoms with Crippen molar-refractivity contribution in [3.63, 3.8) is 0 Å². The van der Waals surface area contributed by atoms with E-state index >= 15 is 0 Å². The molecule has 1 aromatic rings. The van der Waals surface area contributed by atoms with Crippen molar-refractivity contribution in [1.82, 2.24) is 10.3 Å². The summed E-state index contributed by atoms with van der Waals surface area (Å²) in [4.78, 5) is 9.14. The molecule has 1 N–H and O–H groups in total. The second-order valence-electron chi connectivity index (χ2n) is 7.15. The highest BCUT2D eigenvalue weighted by atomic mass is 32.1. The van der Waals surface area contributed by atoms with E-state index in [1.165, 1.54) is 73.7 Å². The number of aromatic nitrogens is 1. The lowest BCUT2D eigenvalue weighted by molar-refractivity contribution is 0.202. The van der Waals surface area contributed by atoms with Crippen LogP contribution in [0.5, 0.6) is 0 Å². The first-order valence-electron chi connectivity index (χ1n) is 8.74. The van der Waals surface area contributed by atoms with Gasteiger partial charge in [-0.05, 0) is 44.6 Å². The van der Waals surface area contributed by atoms with E-state index in [1.54, 1.807) is 0 Å². The number of piperidine rings is 1. The molecule has 21 heavy (non-hydrogen) atoms. The zero-order valence-electron chi connectivity index (χ0n) is 13.1. The van der Waals surface area contributed by atoms with Crippen molar-refractivity contribution in [2.75, 3.05) is 25.0 Å². The summed E-state index contributed by atoms with van der Waals surface area (Å²) in [5, 5.41) is 4.63. The monoisotopic (exact) mass is 305 g/mol. The second kappa shape index (κ2) is 5.88. The van der Waals surface area contributed by atoms with Gasteiger partial charge in [0.1, 0.15) is 0 Å². The Kier molecular flexibility index (Phi) is 3.92. The standard InChI is InChI=1S/C17H27N3S/c1-18-10-15-16(13-6-7-13)19-17(21-15)20-9-8-12-4-2-3-5-14(12)11-20/h12-14,18H,2-11H2,1H3. The molecular formula is C17H27N3S. The van der Waals surface area contributed by atoms with E-state index in [-0.39, 0.29) is 0 Å². The summed E-state index contributed by atoms with van der Waals surface area (Å²) in [6, 6.07) is 0. The number of hydrogen-bond donors (Lipinski definition) is 1. The van der Waals surface area contributed by atoms with Crippen LogP contribution in [0.15, 0.2) is 0 Å². The third kappa shape index (κ3) is 2.85. The summed E-state index contributed by atoms with van der Waals surface area (Å²) in [6.45, 7) is 3.49. The van der Waals surface area contributed by atoms with Crippen molar-refractivity contribution >= 4 is 16.5 Å². The molecule has 1 aromatic heterocycles. The predicted molar refractivity (Wildman–Crippen MR) is 89.1 cm³/mol. The molecule has 0 bridgehead atoms. The van der Waals surface area contributed by atoms with Crippen LogP contribution in [0.25, 0.3) is 0 Å². The summed E-state index contributed by atoms with van der Waals surface area (Å²) in [5.41, 5.74) is 1.41. The van der Waals surface area contributed by atoms with Gasteiger partial charge in [0.15, 0.2) is 5.13 Å². The molecule has 0 spiro atoms. The van der Waals surface area contributed by atoms with Crippen LogP contribution in [0.2, 0.25) is 0 Å². The molecule has 2 saturated carbocycles. The number of thiazole rings is 1. The molecule has 0 amide bonds. The van der Waals surface area contributed by atoms with E-state index < -0.39 is 0 Å². The van der Waals surface area contributed by atoms with Crippen LogP contribution in [0.3, 0.4) is 0 Å². The first-order chi connectivity index (χ1) is 10.3. The minimum atomic E-state index is 0.769. The Morgan fingerprint density at radius 3 is 2.71 bits per heavy atom. The lowest BCUT2D eigenvalue weighted by Crippen LogP contribution is -2.41. The van der Waals surface area contributed by atoms with Gasteiger partial charge in [0.05, 0.1) is 5.69 Å². The van der Waals surface area contributed by atoms with E-state index in [2.05, 4.69) is 10.2 Å². The number of nitrogens with zero attached hydrogens (tertiary/aromatic N) is 2. The molecule has 0 aromatic carbocycles. The topological polar surface area (TPSA) is 28.2 Å². The molecule has 2 heterocycles. The molecule has 1 saturated heterocycles. The summed E-state index contributed by atoms with van der Waals surface area (Å²) in [7, 11) is 2.05. The Bertz CT molecular complexity index is 494. The molecule has 1 aliphatic heterocycles. The quantitative estimate of drug-likeness (QED) is 0.918. The van der Waals surface area contributed by atoms with Gasteiger partial charge in [-0.15, -0.1) is 11.3 Å². The second-order valence-corrected chi connectivity index (χ2v) is 8.21. The van der Waals surface area contributed by atoms with Crippen molar-refractivity contribution in [1.29, 1.82) is 0 Å². The average Bonchev–Trinajstić information content (AvgIpc) is 3.28. The molecule has 0 radical (unpaired) electrons. The lowest BCUT2D eigenvalue weighted by atomic mass is 9.75. The maximum Gasteiger partial charge on any atom is 0.185 e. The smallest absolute Gasteiger partial charge is 0.185 e. The molecular weight excluding hydrogens is 278 g/mol. The Morgan fingerprint density at radius 1 is 1.14 bits per heavy atom. The summed E-state index contributed by atoms with van der Waals surface area (Å²) in [6.07, 6.45) is 9.95. The van der Waals surface area contributed by atoms with E-state index in [9.17, 15) is 0 Å². The largest absolute Gasteiger partial charge is 0.348 e. The van der Waals surface area contributed by atoms with Gasteiger partial charge >= 0.3 is 0 Å². The zero-order chi connectivity index (χ0) is 14.2. The van der Waals surface area contributed by atoms with Crippen molar-refractivity contribution < 1.29 is 0 Å². The van der Waals surface area contributed by atoms with E-state index in [0.29, 0.717) is 0 Å². The number of hydrogen-bond acceptors (Lipinski definition) is 4.